The van der Waals surface area contributed by atoms with Gasteiger partial charge in [0.05, 0.1) is 6.61 Å². The summed E-state index contributed by atoms with van der Waals surface area (Å²) in [6.07, 6.45) is 0. The number of methoxy groups -OCH3 is 1. The highest BCUT2D eigenvalue weighted by Crippen LogP contribution is 1.81. The van der Waals surface area contributed by atoms with E-state index < -0.39 is 0 Å². The van der Waals surface area contributed by atoms with Gasteiger partial charge in [0, 0.05) is 13.7 Å². The Labute approximate surface area is 68.5 Å². The molecule has 0 saturated heterocycles. The van der Waals surface area contributed by atoms with E-state index in [0.29, 0.717) is 13.2 Å². The molecule has 66 valence electrons. The Morgan fingerprint density at radius 1 is 1.75 bits per heavy atom. The van der Waals surface area contributed by atoms with Gasteiger partial charge in [-0.1, -0.05) is 0 Å². The molecule has 1 aromatic heterocycles. The molecular formula is C5H9N5O2. The minimum absolute atomic E-state index is 0.0334. The fraction of sp³-hybridized carbons (Fsp3) is 0.600. The van der Waals surface area contributed by atoms with E-state index >= 15 is 0 Å². The first kappa shape index (κ1) is 8.60. The number of aromatic nitrogens is 4. The van der Waals surface area contributed by atoms with Gasteiger partial charge in [0.1, 0.15) is 0 Å². The zero-order valence-electron chi connectivity index (χ0n) is 6.57. The van der Waals surface area contributed by atoms with Crippen molar-refractivity contribution in [3.05, 3.63) is 5.82 Å². The Bertz CT molecular complexity index is 234. The van der Waals surface area contributed by atoms with Crippen LogP contribution in [0.1, 0.15) is 10.6 Å². The number of H-pyrrole nitrogens is 1. The molecule has 7 nitrogen and oxygen atoms in total. The number of amides is 1. The SMILES string of the molecule is COCCNC(=O)c1nn[nH]n1. The molecule has 0 bridgehead atoms. The van der Waals surface area contributed by atoms with E-state index in [1.807, 2.05) is 0 Å². The summed E-state index contributed by atoms with van der Waals surface area (Å²) in [5.74, 6) is -0.327. The normalized spacial score (nSPS) is 9.75. The zero-order valence-corrected chi connectivity index (χ0v) is 6.57. The number of ether oxygens (including phenoxy) is 1. The second kappa shape index (κ2) is 4.39. The lowest BCUT2D eigenvalue weighted by Gasteiger charge is -1.99. The lowest BCUT2D eigenvalue weighted by molar-refractivity contribution is 0.0927. The summed E-state index contributed by atoms with van der Waals surface area (Å²) in [6, 6.07) is 0. The van der Waals surface area contributed by atoms with Gasteiger partial charge in [0.25, 0.3) is 11.7 Å². The molecule has 0 aliphatic heterocycles. The quantitative estimate of drug-likeness (QED) is 0.542. The predicted octanol–water partition coefficient (Wildman–Crippen LogP) is -1.42. The highest BCUT2D eigenvalue weighted by atomic mass is 16.5. The van der Waals surface area contributed by atoms with E-state index in [4.69, 9.17) is 4.74 Å². The number of hydrogen-bond donors (Lipinski definition) is 2. The van der Waals surface area contributed by atoms with Crippen molar-refractivity contribution in [3.63, 3.8) is 0 Å². The number of tetrazole rings is 1. The number of carbonyl (C=O) groups excluding carboxylic acids is 1. The first-order chi connectivity index (χ1) is 5.84. The first-order valence-electron chi connectivity index (χ1n) is 3.35. The number of carbonyl (C=O) groups is 1. The number of rotatable bonds is 4. The highest BCUT2D eigenvalue weighted by Gasteiger charge is 2.08. The third-order valence-corrected chi connectivity index (χ3v) is 1.14. The van der Waals surface area contributed by atoms with E-state index in [1.165, 1.54) is 0 Å². The molecule has 0 radical (unpaired) electrons. The van der Waals surface area contributed by atoms with E-state index in [-0.39, 0.29) is 11.7 Å². The third-order valence-electron chi connectivity index (χ3n) is 1.14. The van der Waals surface area contributed by atoms with Crippen LogP contribution in [0.2, 0.25) is 0 Å². The van der Waals surface area contributed by atoms with E-state index in [9.17, 15) is 4.79 Å². The lowest BCUT2D eigenvalue weighted by Crippen LogP contribution is -2.27. The Morgan fingerprint density at radius 3 is 3.17 bits per heavy atom. The maximum absolute atomic E-state index is 11.0. The van der Waals surface area contributed by atoms with Crippen molar-refractivity contribution in [1.82, 2.24) is 25.9 Å². The second-order valence-electron chi connectivity index (χ2n) is 1.98. The molecule has 2 N–H and O–H groups in total. The summed E-state index contributed by atoms with van der Waals surface area (Å²) < 4.78 is 4.73. The molecule has 0 unspecified atom stereocenters. The van der Waals surface area contributed by atoms with Crippen LogP contribution < -0.4 is 5.32 Å². The summed E-state index contributed by atoms with van der Waals surface area (Å²) in [4.78, 5) is 11.0. The van der Waals surface area contributed by atoms with Crippen LogP contribution in [0.3, 0.4) is 0 Å². The average Bonchev–Trinajstić information content (AvgIpc) is 2.56. The topological polar surface area (TPSA) is 92.8 Å². The van der Waals surface area contributed by atoms with Gasteiger partial charge in [-0.2, -0.15) is 5.21 Å². The Hall–Kier alpha value is -1.50. The third kappa shape index (κ3) is 2.27. The minimum atomic E-state index is -0.360. The summed E-state index contributed by atoms with van der Waals surface area (Å²) in [5, 5.41) is 14.9. The zero-order chi connectivity index (χ0) is 8.81. The Morgan fingerprint density at radius 2 is 2.58 bits per heavy atom. The molecule has 0 aliphatic carbocycles. The minimum Gasteiger partial charge on any atom is -0.383 e. The average molecular weight is 171 g/mol. The van der Waals surface area contributed by atoms with Gasteiger partial charge >= 0.3 is 0 Å². The van der Waals surface area contributed by atoms with Gasteiger partial charge in [-0.25, -0.2) is 0 Å². The van der Waals surface area contributed by atoms with E-state index in [0.717, 1.165) is 0 Å². The van der Waals surface area contributed by atoms with E-state index in [1.54, 1.807) is 7.11 Å². The van der Waals surface area contributed by atoms with Crippen molar-refractivity contribution < 1.29 is 9.53 Å². The van der Waals surface area contributed by atoms with Gasteiger partial charge in [0.2, 0.25) is 0 Å². The maximum Gasteiger partial charge on any atom is 0.292 e. The van der Waals surface area contributed by atoms with Gasteiger partial charge < -0.3 is 10.1 Å². The first-order valence-corrected chi connectivity index (χ1v) is 3.35. The fourth-order valence-corrected chi connectivity index (χ4v) is 0.604. The van der Waals surface area contributed by atoms with Crippen LogP contribution in [0.4, 0.5) is 0 Å². The van der Waals surface area contributed by atoms with E-state index in [2.05, 4.69) is 25.9 Å². The van der Waals surface area contributed by atoms with Crippen molar-refractivity contribution in [2.75, 3.05) is 20.3 Å². The molecular weight excluding hydrogens is 162 g/mol. The van der Waals surface area contributed by atoms with Crippen LogP contribution >= 0.6 is 0 Å². The summed E-state index contributed by atoms with van der Waals surface area (Å²) >= 11 is 0. The summed E-state index contributed by atoms with van der Waals surface area (Å²) in [6.45, 7) is 0.896. The van der Waals surface area contributed by atoms with Gasteiger partial charge in [-0.3, -0.25) is 4.79 Å². The molecule has 1 heterocycles. The molecule has 1 rings (SSSR count). The van der Waals surface area contributed by atoms with Crippen LogP contribution in [0.15, 0.2) is 0 Å². The fourth-order valence-electron chi connectivity index (χ4n) is 0.604. The van der Waals surface area contributed by atoms with Gasteiger partial charge in [-0.05, 0) is 5.21 Å². The van der Waals surface area contributed by atoms with Crippen LogP contribution in [0.5, 0.6) is 0 Å². The largest absolute Gasteiger partial charge is 0.383 e. The van der Waals surface area contributed by atoms with Crippen molar-refractivity contribution in [1.29, 1.82) is 0 Å². The van der Waals surface area contributed by atoms with Gasteiger partial charge in [-0.15, -0.1) is 10.2 Å². The van der Waals surface area contributed by atoms with Crippen LogP contribution in [-0.2, 0) is 4.74 Å². The van der Waals surface area contributed by atoms with Crippen molar-refractivity contribution in [2.45, 2.75) is 0 Å². The maximum atomic E-state index is 11.0. The number of nitrogens with zero attached hydrogens (tertiary/aromatic N) is 3. The van der Waals surface area contributed by atoms with Crippen molar-refractivity contribution in [2.24, 2.45) is 0 Å². The molecule has 0 aromatic carbocycles. The monoisotopic (exact) mass is 171 g/mol. The number of nitrogens with one attached hydrogen (secondary N) is 2. The molecule has 1 aromatic rings. The van der Waals surface area contributed by atoms with Gasteiger partial charge in [0.15, 0.2) is 0 Å². The summed E-state index contributed by atoms with van der Waals surface area (Å²) in [7, 11) is 1.56. The molecule has 0 fully saturated rings. The molecule has 0 saturated carbocycles. The van der Waals surface area contributed by atoms with Crippen LogP contribution in [0.25, 0.3) is 0 Å². The highest BCUT2D eigenvalue weighted by molar-refractivity contribution is 5.89. The molecule has 0 aliphatic rings. The Balaban J connectivity index is 2.30. The second-order valence-corrected chi connectivity index (χ2v) is 1.98. The van der Waals surface area contributed by atoms with Crippen molar-refractivity contribution in [3.8, 4) is 0 Å². The standard InChI is InChI=1S/C5H9N5O2/c1-12-3-2-6-5(11)4-7-9-10-8-4/h2-3H2,1H3,(H,6,11)(H,7,8,9,10). The smallest absolute Gasteiger partial charge is 0.292 e. The predicted molar refractivity (Wildman–Crippen MR) is 38.4 cm³/mol. The molecule has 0 spiro atoms. The lowest BCUT2D eigenvalue weighted by atomic mass is 10.5. The molecule has 7 heteroatoms. The molecule has 12 heavy (non-hydrogen) atoms. The number of hydrogen-bond acceptors (Lipinski definition) is 5. The van der Waals surface area contributed by atoms with Crippen LogP contribution in [-0.4, -0.2) is 46.8 Å². The molecule has 0 atom stereocenters. The Kier molecular flexibility index (Phi) is 3.15. The molecule has 1 amide bonds. The summed E-state index contributed by atoms with van der Waals surface area (Å²) in [5.41, 5.74) is 0. The number of aromatic amines is 1. The van der Waals surface area contributed by atoms with Crippen molar-refractivity contribution >= 4 is 5.91 Å². The van der Waals surface area contributed by atoms with Crippen LogP contribution in [0, 0.1) is 0 Å².